The Hall–Kier alpha value is -2.56. The lowest BCUT2D eigenvalue weighted by molar-refractivity contribution is 0.0526. The first kappa shape index (κ1) is 13.9. The molecule has 104 valence electrons. The highest BCUT2D eigenvalue weighted by atomic mass is 16.5. The van der Waals surface area contributed by atoms with Crippen LogP contribution in [-0.2, 0) is 11.8 Å². The number of benzene rings is 1. The van der Waals surface area contributed by atoms with Gasteiger partial charge in [-0.15, -0.1) is 0 Å². The van der Waals surface area contributed by atoms with Gasteiger partial charge in [0.15, 0.2) is 0 Å². The standard InChI is InChI=1S/C15H15NO4/c1-3-20-15(19)10-8-13(16(2)9-10)11-6-4-5-7-12(11)14(17)18/h4-9H,3H2,1-2H3,(H,17,18). The van der Waals surface area contributed by atoms with Gasteiger partial charge < -0.3 is 14.4 Å². The lowest BCUT2D eigenvalue weighted by Crippen LogP contribution is -2.02. The number of ether oxygens (including phenoxy) is 1. The van der Waals surface area contributed by atoms with Gasteiger partial charge in [0.2, 0.25) is 0 Å². The molecule has 0 radical (unpaired) electrons. The lowest BCUT2D eigenvalue weighted by Gasteiger charge is -2.06. The number of aryl methyl sites for hydroxylation is 1. The van der Waals surface area contributed by atoms with Crippen LogP contribution in [0.4, 0.5) is 0 Å². The Bertz CT molecular complexity index is 658. The van der Waals surface area contributed by atoms with Crippen molar-refractivity contribution in [2.45, 2.75) is 6.92 Å². The van der Waals surface area contributed by atoms with Crippen molar-refractivity contribution in [3.63, 3.8) is 0 Å². The summed E-state index contributed by atoms with van der Waals surface area (Å²) >= 11 is 0. The Morgan fingerprint density at radius 2 is 2.00 bits per heavy atom. The van der Waals surface area contributed by atoms with Gasteiger partial charge in [-0.1, -0.05) is 18.2 Å². The molecule has 0 atom stereocenters. The van der Waals surface area contributed by atoms with Gasteiger partial charge in [0.1, 0.15) is 0 Å². The van der Waals surface area contributed by atoms with Crippen LogP contribution in [0.25, 0.3) is 11.3 Å². The monoisotopic (exact) mass is 273 g/mol. The van der Waals surface area contributed by atoms with Crippen molar-refractivity contribution < 1.29 is 19.4 Å². The third kappa shape index (κ3) is 2.56. The molecule has 0 aliphatic heterocycles. The molecular weight excluding hydrogens is 258 g/mol. The summed E-state index contributed by atoms with van der Waals surface area (Å²) in [6, 6.07) is 8.32. The van der Waals surface area contributed by atoms with Crippen molar-refractivity contribution in [2.75, 3.05) is 6.61 Å². The van der Waals surface area contributed by atoms with E-state index < -0.39 is 11.9 Å². The summed E-state index contributed by atoms with van der Waals surface area (Å²) in [6.45, 7) is 2.04. The molecule has 0 aliphatic rings. The van der Waals surface area contributed by atoms with Crippen LogP contribution in [0.5, 0.6) is 0 Å². The minimum absolute atomic E-state index is 0.198. The van der Waals surface area contributed by atoms with E-state index in [0.717, 1.165) is 0 Å². The number of carbonyl (C=O) groups is 2. The molecule has 1 aromatic heterocycles. The third-order valence-electron chi connectivity index (χ3n) is 2.95. The van der Waals surface area contributed by atoms with Crippen molar-refractivity contribution in [3.05, 3.63) is 47.7 Å². The molecule has 0 aliphatic carbocycles. The zero-order chi connectivity index (χ0) is 14.7. The number of rotatable bonds is 4. The summed E-state index contributed by atoms with van der Waals surface area (Å²) in [5, 5.41) is 9.22. The molecule has 2 aromatic rings. The number of hydrogen-bond acceptors (Lipinski definition) is 3. The minimum Gasteiger partial charge on any atom is -0.478 e. The van der Waals surface area contributed by atoms with Crippen LogP contribution in [0.3, 0.4) is 0 Å². The summed E-state index contributed by atoms with van der Waals surface area (Å²) in [7, 11) is 1.76. The highest BCUT2D eigenvalue weighted by molar-refractivity contribution is 5.97. The van der Waals surface area contributed by atoms with Crippen LogP contribution >= 0.6 is 0 Å². The zero-order valence-electron chi connectivity index (χ0n) is 11.3. The fourth-order valence-corrected chi connectivity index (χ4v) is 2.05. The van der Waals surface area contributed by atoms with Gasteiger partial charge >= 0.3 is 11.9 Å². The normalized spacial score (nSPS) is 10.3. The second-order valence-electron chi connectivity index (χ2n) is 4.30. The maximum atomic E-state index is 11.7. The third-order valence-corrected chi connectivity index (χ3v) is 2.95. The molecule has 0 bridgehead atoms. The quantitative estimate of drug-likeness (QED) is 0.869. The predicted octanol–water partition coefficient (Wildman–Crippen LogP) is 2.57. The van der Waals surface area contributed by atoms with E-state index >= 15 is 0 Å². The smallest absolute Gasteiger partial charge is 0.339 e. The number of carboxylic acid groups (broad SMARTS) is 1. The Kier molecular flexibility index (Phi) is 3.89. The lowest BCUT2D eigenvalue weighted by atomic mass is 10.0. The number of carbonyl (C=O) groups excluding carboxylic acids is 1. The van der Waals surface area contributed by atoms with Crippen molar-refractivity contribution >= 4 is 11.9 Å². The molecule has 1 aromatic carbocycles. The number of aromatic nitrogens is 1. The van der Waals surface area contributed by atoms with Crippen LogP contribution in [0.1, 0.15) is 27.6 Å². The Morgan fingerprint density at radius 3 is 2.65 bits per heavy atom. The number of carboxylic acids is 1. The second kappa shape index (κ2) is 5.61. The topological polar surface area (TPSA) is 68.5 Å². The van der Waals surface area contributed by atoms with E-state index in [2.05, 4.69) is 0 Å². The summed E-state index contributed by atoms with van der Waals surface area (Å²) in [5.41, 5.74) is 1.83. The molecule has 0 amide bonds. The molecule has 0 fully saturated rings. The molecule has 5 heteroatoms. The van der Waals surface area contributed by atoms with Crippen LogP contribution in [-0.4, -0.2) is 28.2 Å². The van der Waals surface area contributed by atoms with Gasteiger partial charge in [-0.2, -0.15) is 0 Å². The summed E-state index contributed by atoms with van der Waals surface area (Å²) in [4.78, 5) is 23.0. The SMILES string of the molecule is CCOC(=O)c1cc(-c2ccccc2C(=O)O)n(C)c1. The fraction of sp³-hybridized carbons (Fsp3) is 0.200. The van der Waals surface area contributed by atoms with Gasteiger partial charge in [-0.3, -0.25) is 0 Å². The van der Waals surface area contributed by atoms with E-state index in [0.29, 0.717) is 23.4 Å². The largest absolute Gasteiger partial charge is 0.478 e. The highest BCUT2D eigenvalue weighted by Crippen LogP contribution is 2.25. The maximum absolute atomic E-state index is 11.7. The van der Waals surface area contributed by atoms with Crippen LogP contribution in [0.15, 0.2) is 36.5 Å². The summed E-state index contributed by atoms with van der Waals surface area (Å²) in [5.74, 6) is -1.42. The minimum atomic E-state index is -1.00. The van der Waals surface area contributed by atoms with Gasteiger partial charge in [0.05, 0.1) is 17.7 Å². The van der Waals surface area contributed by atoms with Gasteiger partial charge in [0.25, 0.3) is 0 Å². The van der Waals surface area contributed by atoms with Crippen molar-refractivity contribution in [2.24, 2.45) is 7.05 Å². The molecule has 5 nitrogen and oxygen atoms in total. The summed E-state index contributed by atoms with van der Waals surface area (Å²) in [6.07, 6.45) is 1.63. The molecule has 0 saturated heterocycles. The molecule has 1 N–H and O–H groups in total. The predicted molar refractivity (Wildman–Crippen MR) is 73.8 cm³/mol. The Labute approximate surface area is 116 Å². The number of esters is 1. The van der Waals surface area contributed by atoms with E-state index in [1.54, 1.807) is 49.0 Å². The first-order valence-corrected chi connectivity index (χ1v) is 6.20. The molecule has 2 rings (SSSR count). The second-order valence-corrected chi connectivity index (χ2v) is 4.30. The number of hydrogen-bond donors (Lipinski definition) is 1. The fourth-order valence-electron chi connectivity index (χ4n) is 2.05. The van der Waals surface area contributed by atoms with E-state index in [1.165, 1.54) is 6.07 Å². The average molecular weight is 273 g/mol. The molecule has 20 heavy (non-hydrogen) atoms. The maximum Gasteiger partial charge on any atom is 0.339 e. The highest BCUT2D eigenvalue weighted by Gasteiger charge is 2.17. The van der Waals surface area contributed by atoms with Crippen LogP contribution in [0, 0.1) is 0 Å². The van der Waals surface area contributed by atoms with E-state index in [9.17, 15) is 14.7 Å². The average Bonchev–Trinajstić information content (AvgIpc) is 2.81. The van der Waals surface area contributed by atoms with E-state index in [4.69, 9.17) is 4.74 Å². The van der Waals surface area contributed by atoms with Crippen molar-refractivity contribution in [3.8, 4) is 11.3 Å². The molecule has 0 saturated carbocycles. The van der Waals surface area contributed by atoms with Gasteiger partial charge in [0, 0.05) is 24.5 Å². The van der Waals surface area contributed by atoms with Crippen LogP contribution < -0.4 is 0 Å². The van der Waals surface area contributed by atoms with Gasteiger partial charge in [-0.05, 0) is 19.1 Å². The molecule has 0 spiro atoms. The molecule has 1 heterocycles. The number of aromatic carboxylic acids is 1. The van der Waals surface area contributed by atoms with Gasteiger partial charge in [-0.25, -0.2) is 9.59 Å². The van der Waals surface area contributed by atoms with Crippen molar-refractivity contribution in [1.82, 2.24) is 4.57 Å². The Morgan fingerprint density at radius 1 is 1.30 bits per heavy atom. The van der Waals surface area contributed by atoms with E-state index in [1.807, 2.05) is 0 Å². The first-order valence-electron chi connectivity index (χ1n) is 6.20. The first-order chi connectivity index (χ1) is 9.54. The summed E-state index contributed by atoms with van der Waals surface area (Å²) < 4.78 is 6.66. The molecular formula is C15H15NO4. The van der Waals surface area contributed by atoms with E-state index in [-0.39, 0.29) is 5.56 Å². The Balaban J connectivity index is 2.49. The number of nitrogens with zero attached hydrogens (tertiary/aromatic N) is 1. The van der Waals surface area contributed by atoms with Crippen molar-refractivity contribution in [1.29, 1.82) is 0 Å². The zero-order valence-corrected chi connectivity index (χ0v) is 11.3. The van der Waals surface area contributed by atoms with Crippen LogP contribution in [0.2, 0.25) is 0 Å². The molecule has 0 unspecified atom stereocenters.